The average molecular weight is 330 g/mol. The number of hydrogen-bond acceptors (Lipinski definition) is 5. The Labute approximate surface area is 141 Å². The molecule has 2 N–H and O–H groups in total. The lowest BCUT2D eigenvalue weighted by Crippen LogP contribution is -2.18. The average Bonchev–Trinajstić information content (AvgIpc) is 2.58. The molecule has 6 nitrogen and oxygen atoms in total. The predicted octanol–water partition coefficient (Wildman–Crippen LogP) is 2.44. The molecule has 0 fully saturated rings. The minimum atomic E-state index is -0.948. The van der Waals surface area contributed by atoms with Crippen LogP contribution in [0.4, 0.5) is 0 Å². The smallest absolute Gasteiger partial charge is 0.337 e. The lowest BCUT2D eigenvalue weighted by Gasteiger charge is -2.11. The third kappa shape index (κ3) is 4.45. The first-order chi connectivity index (χ1) is 11.5. The number of hydrogen-bond donors (Lipinski definition) is 2. The highest BCUT2D eigenvalue weighted by molar-refractivity contribution is 5.88. The summed E-state index contributed by atoms with van der Waals surface area (Å²) in [5.41, 5.74) is 2.88. The van der Waals surface area contributed by atoms with Crippen LogP contribution in [0.2, 0.25) is 0 Å². The Bertz CT molecular complexity index is 716. The maximum Gasteiger partial charge on any atom is 0.337 e. The van der Waals surface area contributed by atoms with Crippen LogP contribution in [-0.2, 0) is 13.0 Å². The molecule has 2 rings (SSSR count). The van der Waals surface area contributed by atoms with Crippen LogP contribution in [0.3, 0.4) is 0 Å². The van der Waals surface area contributed by atoms with Crippen molar-refractivity contribution < 1.29 is 19.4 Å². The Morgan fingerprint density at radius 2 is 2.04 bits per heavy atom. The van der Waals surface area contributed by atoms with E-state index in [4.69, 9.17) is 14.6 Å². The largest absolute Gasteiger partial charge is 0.497 e. The predicted molar refractivity (Wildman–Crippen MR) is 90.9 cm³/mol. The third-order valence-corrected chi connectivity index (χ3v) is 3.77. The molecule has 1 aromatic heterocycles. The molecule has 0 unspecified atom stereocenters. The number of benzene rings is 1. The van der Waals surface area contributed by atoms with Crippen LogP contribution in [0.1, 0.15) is 27.2 Å². The normalized spacial score (nSPS) is 10.5. The van der Waals surface area contributed by atoms with Crippen LogP contribution in [0.15, 0.2) is 30.5 Å². The molecule has 24 heavy (non-hydrogen) atoms. The zero-order valence-electron chi connectivity index (χ0n) is 14.1. The summed E-state index contributed by atoms with van der Waals surface area (Å²) >= 11 is 0. The standard InChI is InChI=1S/C18H22N2O4/c1-12-8-14(20-11-16(12)18(21)22)6-7-19-10-13-4-5-15(23-2)9-17(13)24-3/h4-5,8-9,11,19H,6-7,10H2,1-3H3,(H,21,22). The number of pyridine rings is 1. The summed E-state index contributed by atoms with van der Waals surface area (Å²) in [6, 6.07) is 7.54. The molecule has 0 radical (unpaired) electrons. The van der Waals surface area contributed by atoms with E-state index in [2.05, 4.69) is 10.3 Å². The number of carboxylic acid groups (broad SMARTS) is 1. The number of aromatic nitrogens is 1. The van der Waals surface area contributed by atoms with Gasteiger partial charge in [-0.1, -0.05) is 6.07 Å². The van der Waals surface area contributed by atoms with Crippen LogP contribution in [0, 0.1) is 6.92 Å². The molecule has 0 saturated carbocycles. The number of aryl methyl sites for hydroxylation is 1. The van der Waals surface area contributed by atoms with E-state index in [-0.39, 0.29) is 5.56 Å². The van der Waals surface area contributed by atoms with Gasteiger partial charge >= 0.3 is 5.97 Å². The van der Waals surface area contributed by atoms with Gasteiger partial charge in [0.2, 0.25) is 0 Å². The van der Waals surface area contributed by atoms with Crippen molar-refractivity contribution in [3.63, 3.8) is 0 Å². The van der Waals surface area contributed by atoms with Crippen LogP contribution in [0.25, 0.3) is 0 Å². The molecule has 1 heterocycles. The maximum atomic E-state index is 11.0. The van der Waals surface area contributed by atoms with Gasteiger partial charge in [-0.2, -0.15) is 0 Å². The number of rotatable bonds is 8. The minimum absolute atomic E-state index is 0.245. The molecular weight excluding hydrogens is 308 g/mol. The third-order valence-electron chi connectivity index (χ3n) is 3.77. The van der Waals surface area contributed by atoms with Gasteiger partial charge in [-0.15, -0.1) is 0 Å². The van der Waals surface area contributed by atoms with Crippen molar-refractivity contribution in [1.82, 2.24) is 10.3 Å². The summed E-state index contributed by atoms with van der Waals surface area (Å²) < 4.78 is 10.5. The molecule has 0 atom stereocenters. The van der Waals surface area contributed by atoms with Crippen molar-refractivity contribution in [1.29, 1.82) is 0 Å². The second-order valence-corrected chi connectivity index (χ2v) is 5.40. The van der Waals surface area contributed by atoms with E-state index in [1.54, 1.807) is 21.1 Å². The molecule has 1 aromatic carbocycles. The van der Waals surface area contributed by atoms with E-state index in [1.807, 2.05) is 24.3 Å². The lowest BCUT2D eigenvalue weighted by atomic mass is 10.1. The van der Waals surface area contributed by atoms with E-state index in [9.17, 15) is 4.79 Å². The van der Waals surface area contributed by atoms with Crippen LogP contribution < -0.4 is 14.8 Å². The fraction of sp³-hybridized carbons (Fsp3) is 0.333. The van der Waals surface area contributed by atoms with Crippen molar-refractivity contribution in [3.05, 3.63) is 52.8 Å². The fourth-order valence-electron chi connectivity index (χ4n) is 2.41. The van der Waals surface area contributed by atoms with Crippen molar-refractivity contribution in [3.8, 4) is 11.5 Å². The number of carbonyl (C=O) groups is 1. The van der Waals surface area contributed by atoms with Gasteiger partial charge in [0.25, 0.3) is 0 Å². The summed E-state index contributed by atoms with van der Waals surface area (Å²) in [5, 5.41) is 12.4. The molecular formula is C18H22N2O4. The number of aromatic carboxylic acids is 1. The maximum absolute atomic E-state index is 11.0. The number of nitrogens with zero attached hydrogens (tertiary/aromatic N) is 1. The SMILES string of the molecule is COc1ccc(CNCCc2cc(C)c(C(=O)O)cn2)c(OC)c1. The molecule has 2 aromatic rings. The highest BCUT2D eigenvalue weighted by atomic mass is 16.5. The molecule has 0 bridgehead atoms. The van der Waals surface area contributed by atoms with E-state index >= 15 is 0 Å². The zero-order valence-corrected chi connectivity index (χ0v) is 14.1. The van der Waals surface area contributed by atoms with Crippen LogP contribution in [0.5, 0.6) is 11.5 Å². The highest BCUT2D eigenvalue weighted by Crippen LogP contribution is 2.24. The minimum Gasteiger partial charge on any atom is -0.497 e. The summed E-state index contributed by atoms with van der Waals surface area (Å²) in [4.78, 5) is 15.2. The molecule has 0 aliphatic carbocycles. The number of nitrogens with one attached hydrogen (secondary N) is 1. The van der Waals surface area contributed by atoms with Crippen LogP contribution >= 0.6 is 0 Å². The highest BCUT2D eigenvalue weighted by Gasteiger charge is 2.08. The molecule has 128 valence electrons. The van der Waals surface area contributed by atoms with Gasteiger partial charge in [-0.3, -0.25) is 4.98 Å². The number of methoxy groups -OCH3 is 2. The lowest BCUT2D eigenvalue weighted by molar-refractivity contribution is 0.0695. The topological polar surface area (TPSA) is 80.7 Å². The Morgan fingerprint density at radius 3 is 2.67 bits per heavy atom. The first-order valence-electron chi connectivity index (χ1n) is 7.65. The Kier molecular flexibility index (Phi) is 6.14. The van der Waals surface area contributed by atoms with Gasteiger partial charge in [0, 0.05) is 43.0 Å². The molecule has 0 amide bonds. The zero-order chi connectivity index (χ0) is 17.5. The van der Waals surface area contributed by atoms with E-state index in [0.717, 1.165) is 41.3 Å². The van der Waals surface area contributed by atoms with Crippen molar-refractivity contribution >= 4 is 5.97 Å². The van der Waals surface area contributed by atoms with Crippen molar-refractivity contribution in [2.75, 3.05) is 20.8 Å². The van der Waals surface area contributed by atoms with Crippen molar-refractivity contribution in [2.45, 2.75) is 19.9 Å². The first kappa shape index (κ1) is 17.7. The van der Waals surface area contributed by atoms with Gasteiger partial charge in [-0.05, 0) is 24.6 Å². The van der Waals surface area contributed by atoms with E-state index < -0.39 is 5.97 Å². The van der Waals surface area contributed by atoms with Gasteiger partial charge in [-0.25, -0.2) is 4.79 Å². The van der Waals surface area contributed by atoms with Gasteiger partial charge < -0.3 is 19.9 Å². The molecule has 0 aliphatic rings. The summed E-state index contributed by atoms with van der Waals surface area (Å²) in [7, 11) is 3.26. The Hall–Kier alpha value is -2.60. The summed E-state index contributed by atoms with van der Waals surface area (Å²) in [6.45, 7) is 3.18. The molecule has 0 aliphatic heterocycles. The van der Waals surface area contributed by atoms with Crippen molar-refractivity contribution in [2.24, 2.45) is 0 Å². The number of carboxylic acids is 1. The first-order valence-corrected chi connectivity index (χ1v) is 7.65. The summed E-state index contributed by atoms with van der Waals surface area (Å²) in [5.74, 6) is 0.590. The van der Waals surface area contributed by atoms with E-state index in [0.29, 0.717) is 6.54 Å². The van der Waals surface area contributed by atoms with Gasteiger partial charge in [0.1, 0.15) is 11.5 Å². The van der Waals surface area contributed by atoms with Gasteiger partial charge in [0.05, 0.1) is 19.8 Å². The van der Waals surface area contributed by atoms with Gasteiger partial charge in [0.15, 0.2) is 0 Å². The summed E-state index contributed by atoms with van der Waals surface area (Å²) in [6.07, 6.45) is 2.14. The molecule has 0 saturated heterocycles. The second kappa shape index (κ2) is 8.31. The number of ether oxygens (including phenoxy) is 2. The van der Waals surface area contributed by atoms with E-state index in [1.165, 1.54) is 6.20 Å². The fourth-order valence-corrected chi connectivity index (χ4v) is 2.41. The Morgan fingerprint density at radius 1 is 1.25 bits per heavy atom. The quantitative estimate of drug-likeness (QED) is 0.724. The molecule has 6 heteroatoms. The monoisotopic (exact) mass is 330 g/mol. The Balaban J connectivity index is 1.89. The molecule has 0 spiro atoms. The van der Waals surface area contributed by atoms with Crippen LogP contribution in [-0.4, -0.2) is 36.8 Å². The second-order valence-electron chi connectivity index (χ2n) is 5.40.